The van der Waals surface area contributed by atoms with E-state index in [9.17, 15) is 13.2 Å². The summed E-state index contributed by atoms with van der Waals surface area (Å²) < 4.78 is 26.8. The maximum absolute atomic E-state index is 12.3. The molecule has 0 radical (unpaired) electrons. The van der Waals surface area contributed by atoms with Crippen molar-refractivity contribution in [1.29, 1.82) is 0 Å². The van der Waals surface area contributed by atoms with Crippen LogP contribution in [0.5, 0.6) is 0 Å². The van der Waals surface area contributed by atoms with Gasteiger partial charge in [-0.15, -0.1) is 0 Å². The minimum Gasteiger partial charge on any atom is -0.322 e. The zero-order valence-electron chi connectivity index (χ0n) is 15.3. The Kier molecular flexibility index (Phi) is 5.91. The van der Waals surface area contributed by atoms with E-state index in [1.54, 1.807) is 24.3 Å². The molecule has 0 fully saturated rings. The number of anilines is 2. The molecule has 0 aliphatic heterocycles. The van der Waals surface area contributed by atoms with Crippen molar-refractivity contribution < 1.29 is 13.2 Å². The Bertz CT molecular complexity index is 1090. The summed E-state index contributed by atoms with van der Waals surface area (Å²) in [6.07, 6.45) is 1.52. The van der Waals surface area contributed by atoms with Crippen LogP contribution >= 0.6 is 0 Å². The molecule has 2 N–H and O–H groups in total. The van der Waals surface area contributed by atoms with Crippen LogP contribution in [0.1, 0.15) is 21.5 Å². The van der Waals surface area contributed by atoms with Crippen molar-refractivity contribution in [2.24, 2.45) is 0 Å². The van der Waals surface area contributed by atoms with Crippen LogP contribution in [0.2, 0.25) is 0 Å². The Balaban J connectivity index is 1.65. The minimum atomic E-state index is -3.65. The van der Waals surface area contributed by atoms with Gasteiger partial charge in [-0.25, -0.2) is 8.42 Å². The highest BCUT2D eigenvalue weighted by Gasteiger charge is 2.09. The lowest BCUT2D eigenvalue weighted by atomic mass is 10.2. The summed E-state index contributed by atoms with van der Waals surface area (Å²) in [6, 6.07) is 22.9. The fourth-order valence-electron chi connectivity index (χ4n) is 2.55. The third-order valence-electron chi connectivity index (χ3n) is 3.92. The zero-order chi connectivity index (χ0) is 20.0. The molecule has 0 bridgehead atoms. The average Bonchev–Trinajstić information content (AvgIpc) is 2.67. The summed E-state index contributed by atoms with van der Waals surface area (Å²) >= 11 is 0. The van der Waals surface area contributed by atoms with Crippen LogP contribution in [-0.2, 0) is 10.0 Å². The predicted molar refractivity (Wildman–Crippen MR) is 114 cm³/mol. The van der Waals surface area contributed by atoms with Crippen LogP contribution in [0.15, 0.2) is 84.3 Å². The van der Waals surface area contributed by atoms with E-state index in [2.05, 4.69) is 10.0 Å². The first-order valence-electron chi connectivity index (χ1n) is 8.65. The van der Waals surface area contributed by atoms with Crippen molar-refractivity contribution in [3.63, 3.8) is 0 Å². The van der Waals surface area contributed by atoms with E-state index in [1.807, 2.05) is 61.5 Å². The van der Waals surface area contributed by atoms with Gasteiger partial charge in [-0.1, -0.05) is 42.5 Å². The van der Waals surface area contributed by atoms with Gasteiger partial charge in [-0.05, 0) is 60.5 Å². The SMILES string of the molecule is Cc1cccc(NC(=O)c2ccc(NS(=O)(=O)/C=C/c3ccccc3)cc2)c1. The summed E-state index contributed by atoms with van der Waals surface area (Å²) in [5.74, 6) is -0.260. The van der Waals surface area contributed by atoms with E-state index in [1.165, 1.54) is 6.08 Å². The standard InChI is InChI=1S/C22H20N2O3S/c1-17-6-5-9-21(16-17)23-22(25)19-10-12-20(13-11-19)24-28(26,27)15-14-18-7-3-2-4-8-18/h2-16,24H,1H3,(H,23,25)/b15-14+. The number of hydrogen-bond acceptors (Lipinski definition) is 3. The van der Waals surface area contributed by atoms with Crippen molar-refractivity contribution in [2.45, 2.75) is 6.92 Å². The normalized spacial score (nSPS) is 11.3. The van der Waals surface area contributed by atoms with Crippen LogP contribution in [0.3, 0.4) is 0 Å². The van der Waals surface area contributed by atoms with Gasteiger partial charge < -0.3 is 5.32 Å². The van der Waals surface area contributed by atoms with Gasteiger partial charge in [0.2, 0.25) is 0 Å². The average molecular weight is 392 g/mol. The van der Waals surface area contributed by atoms with Gasteiger partial charge >= 0.3 is 0 Å². The Morgan fingerprint density at radius 3 is 2.25 bits per heavy atom. The molecule has 0 atom stereocenters. The second kappa shape index (κ2) is 8.54. The van der Waals surface area contributed by atoms with Gasteiger partial charge in [0.05, 0.1) is 5.41 Å². The monoisotopic (exact) mass is 392 g/mol. The van der Waals surface area contributed by atoms with Crippen molar-refractivity contribution in [1.82, 2.24) is 0 Å². The minimum absolute atomic E-state index is 0.260. The molecule has 3 rings (SSSR count). The second-order valence-electron chi connectivity index (χ2n) is 6.26. The van der Waals surface area contributed by atoms with Crippen molar-refractivity contribution >= 4 is 33.4 Å². The summed E-state index contributed by atoms with van der Waals surface area (Å²) in [5, 5.41) is 3.93. The van der Waals surface area contributed by atoms with Gasteiger partial charge in [0, 0.05) is 16.9 Å². The van der Waals surface area contributed by atoms with Gasteiger partial charge in [-0.3, -0.25) is 9.52 Å². The van der Waals surface area contributed by atoms with Crippen LogP contribution in [0.25, 0.3) is 6.08 Å². The molecule has 1 amide bonds. The highest BCUT2D eigenvalue weighted by atomic mass is 32.2. The molecule has 5 nitrogen and oxygen atoms in total. The van der Waals surface area contributed by atoms with Gasteiger partial charge in [0.25, 0.3) is 15.9 Å². The number of amides is 1. The quantitative estimate of drug-likeness (QED) is 0.641. The Morgan fingerprint density at radius 1 is 0.857 bits per heavy atom. The number of aryl methyl sites for hydroxylation is 1. The lowest BCUT2D eigenvalue weighted by Crippen LogP contribution is -2.12. The number of benzene rings is 3. The molecule has 6 heteroatoms. The maximum Gasteiger partial charge on any atom is 0.255 e. The van der Waals surface area contributed by atoms with E-state index < -0.39 is 10.0 Å². The smallest absolute Gasteiger partial charge is 0.255 e. The number of hydrogen-bond donors (Lipinski definition) is 2. The van der Waals surface area contributed by atoms with E-state index in [0.717, 1.165) is 16.5 Å². The summed E-state index contributed by atoms with van der Waals surface area (Å²) in [7, 11) is -3.65. The van der Waals surface area contributed by atoms with Crippen LogP contribution < -0.4 is 10.0 Å². The van der Waals surface area contributed by atoms with E-state index >= 15 is 0 Å². The lowest BCUT2D eigenvalue weighted by Gasteiger charge is -2.08. The first kappa shape index (κ1) is 19.4. The van der Waals surface area contributed by atoms with Gasteiger partial charge in [0.1, 0.15) is 0 Å². The van der Waals surface area contributed by atoms with E-state index in [0.29, 0.717) is 16.9 Å². The fraction of sp³-hybridized carbons (Fsp3) is 0.0455. The fourth-order valence-corrected chi connectivity index (χ4v) is 3.42. The Morgan fingerprint density at radius 2 is 1.57 bits per heavy atom. The lowest BCUT2D eigenvalue weighted by molar-refractivity contribution is 0.102. The van der Waals surface area contributed by atoms with Crippen LogP contribution in [0, 0.1) is 6.92 Å². The van der Waals surface area contributed by atoms with Crippen LogP contribution in [-0.4, -0.2) is 14.3 Å². The second-order valence-corrected chi connectivity index (χ2v) is 7.83. The summed E-state index contributed by atoms with van der Waals surface area (Å²) in [5.41, 5.74) is 3.36. The third-order valence-corrected chi connectivity index (χ3v) is 4.94. The number of sulfonamides is 1. The number of nitrogens with one attached hydrogen (secondary N) is 2. The van der Waals surface area contributed by atoms with Crippen molar-refractivity contribution in [3.05, 3.63) is 101 Å². The number of carbonyl (C=O) groups is 1. The molecule has 3 aromatic carbocycles. The molecule has 142 valence electrons. The molecule has 3 aromatic rings. The van der Waals surface area contributed by atoms with E-state index in [-0.39, 0.29) is 5.91 Å². The van der Waals surface area contributed by atoms with Crippen molar-refractivity contribution in [3.8, 4) is 0 Å². The highest BCUT2D eigenvalue weighted by molar-refractivity contribution is 7.95. The molecule has 0 heterocycles. The molecule has 0 saturated heterocycles. The van der Waals surface area contributed by atoms with E-state index in [4.69, 9.17) is 0 Å². The first-order chi connectivity index (χ1) is 13.4. The molecule has 0 saturated carbocycles. The molecule has 0 aromatic heterocycles. The Labute approximate surface area is 164 Å². The molecule has 0 aliphatic carbocycles. The molecule has 28 heavy (non-hydrogen) atoms. The number of rotatable bonds is 6. The summed E-state index contributed by atoms with van der Waals surface area (Å²) in [4.78, 5) is 12.3. The van der Waals surface area contributed by atoms with Gasteiger partial charge in [-0.2, -0.15) is 0 Å². The maximum atomic E-state index is 12.3. The zero-order valence-corrected chi connectivity index (χ0v) is 16.1. The first-order valence-corrected chi connectivity index (χ1v) is 10.2. The predicted octanol–water partition coefficient (Wildman–Crippen LogP) is 4.66. The molecular formula is C22H20N2O3S. The Hall–Kier alpha value is -3.38. The molecule has 0 unspecified atom stereocenters. The van der Waals surface area contributed by atoms with Crippen molar-refractivity contribution in [2.75, 3.05) is 10.0 Å². The molecule has 0 aliphatic rings. The topological polar surface area (TPSA) is 75.3 Å². The molecular weight excluding hydrogens is 372 g/mol. The van der Waals surface area contributed by atoms with Crippen LogP contribution in [0.4, 0.5) is 11.4 Å². The summed E-state index contributed by atoms with van der Waals surface area (Å²) in [6.45, 7) is 1.95. The molecule has 0 spiro atoms. The largest absolute Gasteiger partial charge is 0.322 e. The number of carbonyl (C=O) groups excluding carboxylic acids is 1. The highest BCUT2D eigenvalue weighted by Crippen LogP contribution is 2.15. The van der Waals surface area contributed by atoms with Gasteiger partial charge in [0.15, 0.2) is 0 Å². The third kappa shape index (κ3) is 5.56.